The molecule has 0 saturated carbocycles. The van der Waals surface area contributed by atoms with Gasteiger partial charge in [0.05, 0.1) is 12.0 Å². The van der Waals surface area contributed by atoms with Gasteiger partial charge < -0.3 is 51.3 Å². The normalized spacial score (nSPS) is 12.1. The molecule has 0 rings (SSSR count). The van der Waals surface area contributed by atoms with E-state index in [2.05, 4.69) is 33.4 Å². The molecule has 0 bridgehead atoms. The fourth-order valence-corrected chi connectivity index (χ4v) is 2.88. The fraction of sp³-hybridized carbons (Fsp3) is 0.923. The third-order valence-electron chi connectivity index (χ3n) is 5.40. The number of quaternary nitrogens is 1. The van der Waals surface area contributed by atoms with Gasteiger partial charge in [-0.25, -0.2) is 0 Å². The summed E-state index contributed by atoms with van der Waals surface area (Å²) in [4.78, 5) is 20.5. The number of hydrogen-bond acceptors (Lipinski definition) is 4. The molecule has 0 fully saturated rings. The molecule has 0 aromatic heterocycles. The summed E-state index contributed by atoms with van der Waals surface area (Å²) in [6.45, 7) is 16.4. The number of nitrogens with two attached hydrogens (primary N) is 1. The largest absolute Gasteiger partial charge is 1.00 e. The molecule has 0 spiro atoms. The zero-order valence-electron chi connectivity index (χ0n) is 25.5. The molecule has 0 aromatic carbocycles. The van der Waals surface area contributed by atoms with Crippen molar-refractivity contribution in [3.05, 3.63) is 0 Å². The van der Waals surface area contributed by atoms with Crippen LogP contribution >= 0.6 is 0 Å². The molecule has 0 aromatic rings. The number of carboxylic acid groups (broad SMARTS) is 2. The standard InChI is InChI=1S/2C7H14O2.2C6H15N.2ClH.2Na/c2*1-3-5-6(4-2)7(8)9;2*1-3-5-6(7)4-2;;;;/h2*6H,3-5H2,1-2H3,(H,8,9);2*6H,3-5,7H2,1-2H3;2*1H;;/q;;;;;;2*+1/p-2. The van der Waals surface area contributed by atoms with E-state index in [1.807, 2.05) is 27.7 Å². The van der Waals surface area contributed by atoms with E-state index in [-0.39, 0.29) is 95.8 Å². The summed E-state index contributed by atoms with van der Waals surface area (Å²) in [6, 6.07) is 1.15. The average molecular weight is 580 g/mol. The Hall–Kier alpha value is 1.44. The summed E-state index contributed by atoms with van der Waals surface area (Å²) in [5.41, 5.74) is 9.53. The molecule has 0 radical (unpaired) electrons. The van der Waals surface area contributed by atoms with Gasteiger partial charge in [0, 0.05) is 12.0 Å². The van der Waals surface area contributed by atoms with Crippen LogP contribution in [0.15, 0.2) is 0 Å². The van der Waals surface area contributed by atoms with Crippen LogP contribution in [0.5, 0.6) is 0 Å². The van der Waals surface area contributed by atoms with E-state index < -0.39 is 11.9 Å². The van der Waals surface area contributed by atoms with Crippen molar-refractivity contribution >= 4 is 11.9 Å². The number of rotatable bonds is 14. The summed E-state index contributed by atoms with van der Waals surface area (Å²) < 4.78 is 0. The maximum atomic E-state index is 10.3. The van der Waals surface area contributed by atoms with Gasteiger partial charge in [-0.15, -0.1) is 0 Å². The van der Waals surface area contributed by atoms with Crippen molar-refractivity contribution in [1.82, 2.24) is 0 Å². The minimum Gasteiger partial charge on any atom is -1.00 e. The van der Waals surface area contributed by atoms with Gasteiger partial charge in [-0.05, 0) is 57.3 Å². The van der Waals surface area contributed by atoms with Crippen molar-refractivity contribution in [2.45, 2.75) is 145 Å². The minimum atomic E-state index is -0.903. The summed E-state index contributed by atoms with van der Waals surface area (Å²) in [5, 5.41) is 18.7. The number of carbonyl (C=O) groups excluding carboxylic acids is 1. The smallest absolute Gasteiger partial charge is 1.00 e. The van der Waals surface area contributed by atoms with Gasteiger partial charge in [0.15, 0.2) is 0 Å². The van der Waals surface area contributed by atoms with Crippen LogP contribution in [0, 0.1) is 11.8 Å². The molecule has 6 N–H and O–H groups in total. The van der Waals surface area contributed by atoms with Crippen LogP contribution in [0.4, 0.5) is 0 Å². The second-order valence-corrected chi connectivity index (χ2v) is 8.46. The Morgan fingerprint density at radius 2 is 1.06 bits per heavy atom. The molecule has 0 saturated heterocycles. The van der Waals surface area contributed by atoms with Crippen molar-refractivity contribution < 1.29 is 109 Å². The van der Waals surface area contributed by atoms with E-state index in [1.165, 1.54) is 32.1 Å². The summed E-state index contributed by atoms with van der Waals surface area (Å²) in [7, 11) is 0. The molecular weight excluding hydrogens is 521 g/mol. The van der Waals surface area contributed by atoms with Crippen molar-refractivity contribution in [2.75, 3.05) is 0 Å². The number of carbonyl (C=O) groups is 2. The van der Waals surface area contributed by atoms with E-state index in [4.69, 9.17) is 10.8 Å². The molecule has 4 atom stereocenters. The third-order valence-corrected chi connectivity index (χ3v) is 5.40. The summed E-state index contributed by atoms with van der Waals surface area (Å²) >= 11 is 0. The second-order valence-electron chi connectivity index (χ2n) is 8.46. The van der Waals surface area contributed by atoms with Crippen molar-refractivity contribution in [3.63, 3.8) is 0 Å². The maximum absolute atomic E-state index is 10.3. The average Bonchev–Trinajstić information content (AvgIpc) is 2.76. The Labute approximate surface area is 281 Å². The third kappa shape index (κ3) is 48.5. The number of carboxylic acids is 2. The molecule has 4 unspecified atom stereocenters. The number of halogens is 2. The summed E-state index contributed by atoms with van der Waals surface area (Å²) in [6.07, 6.45) is 12.2. The van der Waals surface area contributed by atoms with E-state index in [0.717, 1.165) is 38.5 Å². The zero-order chi connectivity index (χ0) is 25.9. The van der Waals surface area contributed by atoms with E-state index in [1.54, 1.807) is 0 Å². The van der Waals surface area contributed by atoms with Crippen LogP contribution in [-0.4, -0.2) is 29.1 Å². The molecule has 0 heterocycles. The Kier molecular flexibility index (Phi) is 73.8. The van der Waals surface area contributed by atoms with Gasteiger partial charge in [0.25, 0.3) is 0 Å². The van der Waals surface area contributed by atoms with Crippen LogP contribution in [0.1, 0.15) is 132 Å². The van der Waals surface area contributed by atoms with Crippen molar-refractivity contribution in [1.29, 1.82) is 0 Å². The van der Waals surface area contributed by atoms with Crippen LogP contribution in [0.3, 0.4) is 0 Å². The van der Waals surface area contributed by atoms with Crippen LogP contribution in [0.2, 0.25) is 0 Å². The van der Waals surface area contributed by atoms with Crippen LogP contribution < -0.4 is 101 Å². The first-order valence-corrected chi connectivity index (χ1v) is 13.1. The first-order chi connectivity index (χ1) is 15.1. The topological polar surface area (TPSA) is 131 Å². The Morgan fingerprint density at radius 1 is 0.694 bits per heavy atom. The number of aliphatic carboxylic acids is 2. The van der Waals surface area contributed by atoms with Gasteiger partial charge >= 0.3 is 65.1 Å². The zero-order valence-corrected chi connectivity index (χ0v) is 31.0. The predicted octanol–water partition coefficient (Wildman–Crippen LogP) is -7.19. The molecule has 0 aliphatic rings. The summed E-state index contributed by atoms with van der Waals surface area (Å²) in [5.74, 6) is -1.90. The van der Waals surface area contributed by atoms with Crippen LogP contribution in [-0.2, 0) is 9.59 Å². The van der Waals surface area contributed by atoms with Gasteiger partial charge in [0.2, 0.25) is 0 Å². The molecule has 36 heavy (non-hydrogen) atoms. The van der Waals surface area contributed by atoms with E-state index in [0.29, 0.717) is 18.5 Å². The number of hydrogen-bond donors (Lipinski definition) is 3. The predicted molar refractivity (Wildman–Crippen MR) is 135 cm³/mol. The second kappa shape index (κ2) is 46.3. The van der Waals surface area contributed by atoms with E-state index >= 15 is 0 Å². The Morgan fingerprint density at radius 3 is 1.17 bits per heavy atom. The molecule has 6 nitrogen and oxygen atoms in total. The van der Waals surface area contributed by atoms with Gasteiger partial charge in [-0.2, -0.15) is 0 Å². The van der Waals surface area contributed by atoms with Crippen LogP contribution in [0.25, 0.3) is 0 Å². The van der Waals surface area contributed by atoms with Gasteiger partial charge in [-0.1, -0.05) is 81.1 Å². The molecular formula is C26H58Cl2N2Na2O4. The van der Waals surface area contributed by atoms with Gasteiger partial charge in [-0.3, -0.25) is 4.79 Å². The SMILES string of the molecule is CCCC(CC)C(=O)O.CCCC(CC)C(=O)[O-].CCCC(N)CC.CCCC([NH3+])CC.[Cl-].[Cl-].[Na+].[Na+]. The Balaban J connectivity index is -0.0000000470. The monoisotopic (exact) mass is 578 g/mol. The fourth-order valence-electron chi connectivity index (χ4n) is 2.88. The quantitative estimate of drug-likeness (QED) is 0.176. The molecule has 0 amide bonds. The molecule has 212 valence electrons. The Bertz CT molecular complexity index is 378. The molecule has 0 aliphatic heterocycles. The first-order valence-electron chi connectivity index (χ1n) is 13.1. The molecule has 10 heteroatoms. The van der Waals surface area contributed by atoms with Crippen molar-refractivity contribution in [3.8, 4) is 0 Å². The minimum absolute atomic E-state index is 0. The van der Waals surface area contributed by atoms with Gasteiger partial charge in [0.1, 0.15) is 0 Å². The van der Waals surface area contributed by atoms with E-state index in [9.17, 15) is 14.7 Å². The molecule has 0 aliphatic carbocycles. The first kappa shape index (κ1) is 57.4. The maximum Gasteiger partial charge on any atom is 1.00 e. The van der Waals surface area contributed by atoms with Crippen molar-refractivity contribution in [2.24, 2.45) is 17.6 Å².